The van der Waals surface area contributed by atoms with Crippen molar-refractivity contribution >= 4 is 0 Å². The molecule has 1 aromatic carbocycles. The highest BCUT2D eigenvalue weighted by Crippen LogP contribution is 2.25. The van der Waals surface area contributed by atoms with E-state index in [0.717, 1.165) is 29.0 Å². The number of aryl methyl sites for hydroxylation is 1. The van der Waals surface area contributed by atoms with E-state index >= 15 is 0 Å². The van der Waals surface area contributed by atoms with Crippen LogP contribution in [0.5, 0.6) is 5.75 Å². The second-order valence-electron chi connectivity index (χ2n) is 3.67. The molecule has 4 nitrogen and oxygen atoms in total. The molecule has 0 amide bonds. The highest BCUT2D eigenvalue weighted by Gasteiger charge is 2.04. The lowest BCUT2D eigenvalue weighted by Gasteiger charge is -2.09. The number of aromatic nitrogens is 2. The minimum Gasteiger partial charge on any atom is -0.496 e. The Kier molecular flexibility index (Phi) is 3.23. The van der Waals surface area contributed by atoms with Gasteiger partial charge in [-0.3, -0.25) is 0 Å². The van der Waals surface area contributed by atoms with Crippen LogP contribution in [0, 0.1) is 0 Å². The fourth-order valence-corrected chi connectivity index (χ4v) is 1.76. The van der Waals surface area contributed by atoms with Gasteiger partial charge in [-0.1, -0.05) is 6.92 Å². The first kappa shape index (κ1) is 11.4. The third kappa shape index (κ3) is 2.36. The summed E-state index contributed by atoms with van der Waals surface area (Å²) in [7, 11) is 1.66. The molecule has 0 atom stereocenters. The Morgan fingerprint density at radius 2 is 2.18 bits per heavy atom. The molecular formula is C13H14N2O2. The van der Waals surface area contributed by atoms with Crippen molar-refractivity contribution in [3.8, 4) is 17.0 Å². The predicted octanol–water partition coefficient (Wildman–Crippen LogP) is 2.01. The zero-order valence-electron chi connectivity index (χ0n) is 9.86. The predicted molar refractivity (Wildman–Crippen MR) is 66.2 cm³/mol. The van der Waals surface area contributed by atoms with Gasteiger partial charge >= 0.3 is 5.69 Å². The molecular weight excluding hydrogens is 216 g/mol. The minimum atomic E-state index is -0.337. The Balaban J connectivity index is 2.50. The Labute approximate surface area is 99.3 Å². The van der Waals surface area contributed by atoms with E-state index in [1.165, 1.54) is 6.20 Å². The molecule has 1 heterocycles. The Morgan fingerprint density at radius 3 is 2.82 bits per heavy atom. The summed E-state index contributed by atoms with van der Waals surface area (Å²) in [5.74, 6) is 0.868. The van der Waals surface area contributed by atoms with Crippen molar-refractivity contribution < 1.29 is 4.74 Å². The average molecular weight is 230 g/mol. The fraction of sp³-hybridized carbons (Fsp3) is 0.231. The van der Waals surface area contributed by atoms with Gasteiger partial charge in [0.25, 0.3) is 0 Å². The van der Waals surface area contributed by atoms with Gasteiger partial charge in [-0.15, -0.1) is 0 Å². The highest BCUT2D eigenvalue weighted by atomic mass is 16.5. The van der Waals surface area contributed by atoms with Crippen LogP contribution < -0.4 is 10.4 Å². The summed E-state index contributed by atoms with van der Waals surface area (Å²) in [6, 6.07) is 7.63. The second-order valence-corrected chi connectivity index (χ2v) is 3.67. The van der Waals surface area contributed by atoms with E-state index in [0.29, 0.717) is 0 Å². The molecule has 0 aliphatic heterocycles. The molecule has 2 aromatic rings. The van der Waals surface area contributed by atoms with Gasteiger partial charge in [-0.05, 0) is 41.8 Å². The summed E-state index contributed by atoms with van der Waals surface area (Å²) in [5, 5.41) is 0. The molecule has 88 valence electrons. The molecule has 4 heteroatoms. The monoisotopic (exact) mass is 230 g/mol. The Morgan fingerprint density at radius 1 is 1.35 bits per heavy atom. The number of methoxy groups -OCH3 is 1. The van der Waals surface area contributed by atoms with Gasteiger partial charge < -0.3 is 9.72 Å². The number of nitrogens with zero attached hydrogens (tertiary/aromatic N) is 1. The van der Waals surface area contributed by atoms with E-state index in [4.69, 9.17) is 4.74 Å². The minimum absolute atomic E-state index is 0.337. The van der Waals surface area contributed by atoms with Crippen molar-refractivity contribution in [2.24, 2.45) is 0 Å². The highest BCUT2D eigenvalue weighted by molar-refractivity contribution is 5.61. The van der Waals surface area contributed by atoms with E-state index in [1.54, 1.807) is 13.2 Å². The third-order valence-electron chi connectivity index (χ3n) is 2.65. The van der Waals surface area contributed by atoms with Crippen molar-refractivity contribution in [2.75, 3.05) is 7.11 Å². The number of aromatic amines is 1. The van der Waals surface area contributed by atoms with Crippen molar-refractivity contribution in [2.45, 2.75) is 13.3 Å². The van der Waals surface area contributed by atoms with Gasteiger partial charge in [0, 0.05) is 6.20 Å². The lowest BCUT2D eigenvalue weighted by molar-refractivity contribution is 0.410. The summed E-state index contributed by atoms with van der Waals surface area (Å²) in [4.78, 5) is 17.5. The second kappa shape index (κ2) is 4.82. The fourth-order valence-electron chi connectivity index (χ4n) is 1.76. The Bertz CT molecular complexity index is 576. The van der Waals surface area contributed by atoms with E-state index in [-0.39, 0.29) is 5.69 Å². The van der Waals surface area contributed by atoms with Gasteiger partial charge in [0.1, 0.15) is 5.75 Å². The van der Waals surface area contributed by atoms with Crippen LogP contribution >= 0.6 is 0 Å². The molecule has 0 aliphatic carbocycles. The lowest BCUT2D eigenvalue weighted by Crippen LogP contribution is -2.09. The van der Waals surface area contributed by atoms with Crippen LogP contribution in [0.1, 0.15) is 12.5 Å². The largest absolute Gasteiger partial charge is 0.496 e. The third-order valence-corrected chi connectivity index (χ3v) is 2.65. The zero-order chi connectivity index (χ0) is 12.3. The molecule has 0 bridgehead atoms. The summed E-state index contributed by atoms with van der Waals surface area (Å²) in [6.45, 7) is 2.07. The summed E-state index contributed by atoms with van der Waals surface area (Å²) in [6.07, 6.45) is 2.39. The lowest BCUT2D eigenvalue weighted by atomic mass is 10.1. The van der Waals surface area contributed by atoms with Crippen LogP contribution in [0.15, 0.2) is 35.3 Å². The van der Waals surface area contributed by atoms with Gasteiger partial charge in [0.2, 0.25) is 0 Å². The Hall–Kier alpha value is -2.10. The number of ether oxygens (including phenoxy) is 1. The quantitative estimate of drug-likeness (QED) is 0.877. The molecule has 0 saturated heterocycles. The van der Waals surface area contributed by atoms with Gasteiger partial charge in [-0.2, -0.15) is 0 Å². The summed E-state index contributed by atoms with van der Waals surface area (Å²) in [5.41, 5.74) is 2.50. The number of H-pyrrole nitrogens is 1. The van der Waals surface area contributed by atoms with Crippen LogP contribution in [0.3, 0.4) is 0 Å². The molecule has 17 heavy (non-hydrogen) atoms. The van der Waals surface area contributed by atoms with E-state index < -0.39 is 0 Å². The maximum absolute atomic E-state index is 11.1. The van der Waals surface area contributed by atoms with E-state index in [9.17, 15) is 4.79 Å². The van der Waals surface area contributed by atoms with Crippen LogP contribution in [0.2, 0.25) is 0 Å². The van der Waals surface area contributed by atoms with E-state index in [2.05, 4.69) is 16.9 Å². The topological polar surface area (TPSA) is 55.0 Å². The van der Waals surface area contributed by atoms with Crippen molar-refractivity contribution in [1.82, 2.24) is 9.97 Å². The summed E-state index contributed by atoms with van der Waals surface area (Å²) < 4.78 is 5.27. The zero-order valence-corrected chi connectivity index (χ0v) is 9.86. The smallest absolute Gasteiger partial charge is 0.345 e. The van der Waals surface area contributed by atoms with E-state index in [1.807, 2.05) is 18.2 Å². The molecule has 0 fully saturated rings. The SMILES string of the molecule is CCc1cc(-c2ccnc(=O)[nH]2)ccc1OC. The maximum Gasteiger partial charge on any atom is 0.345 e. The number of hydrogen-bond donors (Lipinski definition) is 1. The van der Waals surface area contributed by atoms with Gasteiger partial charge in [0.15, 0.2) is 0 Å². The number of benzene rings is 1. The first-order valence-electron chi connectivity index (χ1n) is 5.47. The van der Waals surface area contributed by atoms with Crippen LogP contribution in [-0.4, -0.2) is 17.1 Å². The molecule has 0 spiro atoms. The molecule has 0 unspecified atom stereocenters. The van der Waals surface area contributed by atoms with Gasteiger partial charge in [0.05, 0.1) is 12.8 Å². The molecule has 0 radical (unpaired) electrons. The maximum atomic E-state index is 11.1. The van der Waals surface area contributed by atoms with Crippen molar-refractivity contribution in [3.05, 3.63) is 46.5 Å². The molecule has 0 aliphatic rings. The molecule has 2 rings (SSSR count). The number of rotatable bonds is 3. The normalized spacial score (nSPS) is 10.2. The average Bonchev–Trinajstić information content (AvgIpc) is 2.38. The molecule has 0 saturated carbocycles. The standard InChI is InChI=1S/C13H14N2O2/c1-3-9-8-10(4-5-12(9)17-2)11-6-7-14-13(16)15-11/h4-8H,3H2,1-2H3,(H,14,15,16). The van der Waals surface area contributed by atoms with Crippen LogP contribution in [0.4, 0.5) is 0 Å². The number of nitrogens with one attached hydrogen (secondary N) is 1. The van der Waals surface area contributed by atoms with Crippen LogP contribution in [0.25, 0.3) is 11.3 Å². The first-order chi connectivity index (χ1) is 8.24. The molecule has 1 N–H and O–H groups in total. The first-order valence-corrected chi connectivity index (χ1v) is 5.47. The van der Waals surface area contributed by atoms with Crippen molar-refractivity contribution in [3.63, 3.8) is 0 Å². The van der Waals surface area contributed by atoms with Gasteiger partial charge in [-0.25, -0.2) is 9.78 Å². The van der Waals surface area contributed by atoms with Crippen LogP contribution in [-0.2, 0) is 6.42 Å². The van der Waals surface area contributed by atoms with Crippen molar-refractivity contribution in [1.29, 1.82) is 0 Å². The molecule has 1 aromatic heterocycles. The summed E-state index contributed by atoms with van der Waals surface area (Å²) >= 11 is 0. The number of hydrogen-bond acceptors (Lipinski definition) is 3.